The maximum atomic E-state index is 13.7. The van der Waals surface area contributed by atoms with Crippen LogP contribution in [0.4, 0.5) is 4.39 Å². The van der Waals surface area contributed by atoms with Gasteiger partial charge in [-0.1, -0.05) is 55.5 Å². The molecule has 3 aromatic carbocycles. The molecule has 0 fully saturated rings. The van der Waals surface area contributed by atoms with Crippen molar-refractivity contribution in [2.75, 3.05) is 0 Å². The zero-order valence-electron chi connectivity index (χ0n) is 16.1. The van der Waals surface area contributed by atoms with E-state index in [9.17, 15) is 9.50 Å². The number of aryl methyl sites for hydroxylation is 1. The molecule has 3 nitrogen and oxygen atoms in total. The molecule has 0 radical (unpaired) electrons. The molecule has 1 heterocycles. The average Bonchev–Trinajstić information content (AvgIpc) is 2.75. The number of halogens is 2. The zero-order chi connectivity index (χ0) is 20.4. The largest absolute Gasteiger partial charge is 0.508 e. The molecule has 0 saturated heterocycles. The van der Waals surface area contributed by atoms with Crippen LogP contribution in [-0.2, 0) is 6.42 Å². The van der Waals surface area contributed by atoms with Crippen LogP contribution in [0, 0.1) is 5.82 Å². The number of rotatable bonds is 4. The molecule has 1 aliphatic rings. The summed E-state index contributed by atoms with van der Waals surface area (Å²) in [6, 6.07) is 20.6. The maximum Gasteiger partial charge on any atom is 0.137 e. The van der Waals surface area contributed by atoms with Crippen LogP contribution in [0.3, 0.4) is 0 Å². The van der Waals surface area contributed by atoms with Crippen molar-refractivity contribution in [2.45, 2.75) is 32.0 Å². The lowest BCUT2D eigenvalue weighted by Crippen LogP contribution is -2.33. The summed E-state index contributed by atoms with van der Waals surface area (Å²) in [5.41, 5.74) is 5.00. The van der Waals surface area contributed by atoms with Crippen LogP contribution in [0.15, 0.2) is 76.2 Å². The van der Waals surface area contributed by atoms with E-state index in [1.165, 1.54) is 11.6 Å². The van der Waals surface area contributed by atoms with Gasteiger partial charge in [0, 0.05) is 23.7 Å². The molecule has 0 bridgehead atoms. The summed E-state index contributed by atoms with van der Waals surface area (Å²) in [5, 5.41) is 13.9. The van der Waals surface area contributed by atoms with Gasteiger partial charge in [0.25, 0.3) is 0 Å². The Morgan fingerprint density at radius 3 is 2.55 bits per heavy atom. The Balaban J connectivity index is 1.75. The number of nitrogens with one attached hydrogen (secondary N) is 1. The van der Waals surface area contributed by atoms with Crippen LogP contribution in [0.5, 0.6) is 5.75 Å². The highest BCUT2D eigenvalue weighted by Gasteiger charge is 2.27. The monoisotopic (exact) mass is 452 g/mol. The lowest BCUT2D eigenvalue weighted by atomic mass is 9.93. The first kappa shape index (κ1) is 19.8. The number of hydrogen-bond donors (Lipinski definition) is 2. The quantitative estimate of drug-likeness (QED) is 0.503. The van der Waals surface area contributed by atoms with Crippen LogP contribution < -0.4 is 5.32 Å². The summed E-state index contributed by atoms with van der Waals surface area (Å²) >= 11 is 3.27. The number of aromatic hydroxyl groups is 1. The molecular formula is C24H22BrFN2O. The fourth-order valence-corrected chi connectivity index (χ4v) is 4.05. The van der Waals surface area contributed by atoms with E-state index in [4.69, 9.17) is 4.99 Å². The molecule has 3 aromatic rings. The second-order valence-corrected chi connectivity index (χ2v) is 8.04. The Kier molecular flexibility index (Phi) is 5.79. The summed E-state index contributed by atoms with van der Waals surface area (Å²) in [4.78, 5) is 4.93. The Bertz CT molecular complexity index is 1050. The second-order valence-electron chi connectivity index (χ2n) is 7.18. The van der Waals surface area contributed by atoms with Crippen molar-refractivity contribution >= 4 is 21.6 Å². The number of phenols is 1. The molecule has 5 heteroatoms. The smallest absolute Gasteiger partial charge is 0.137 e. The minimum Gasteiger partial charge on any atom is -0.508 e. The maximum absolute atomic E-state index is 13.7. The van der Waals surface area contributed by atoms with Gasteiger partial charge in [-0.3, -0.25) is 10.3 Å². The average molecular weight is 453 g/mol. The fraction of sp³-hybridized carbons (Fsp3) is 0.208. The number of hydrogen-bond acceptors (Lipinski definition) is 3. The summed E-state index contributed by atoms with van der Waals surface area (Å²) in [7, 11) is 0. The van der Waals surface area contributed by atoms with E-state index in [1.807, 2.05) is 18.2 Å². The summed E-state index contributed by atoms with van der Waals surface area (Å²) in [6.07, 6.45) is 1.30. The molecule has 0 aromatic heterocycles. The van der Waals surface area contributed by atoms with E-state index in [0.717, 1.165) is 28.8 Å². The van der Waals surface area contributed by atoms with E-state index >= 15 is 0 Å². The lowest BCUT2D eigenvalue weighted by Gasteiger charge is -2.31. The van der Waals surface area contributed by atoms with Crippen molar-refractivity contribution in [3.8, 4) is 5.75 Å². The fourth-order valence-electron chi connectivity index (χ4n) is 3.65. The third-order valence-corrected chi connectivity index (χ3v) is 5.92. The van der Waals surface area contributed by atoms with Crippen molar-refractivity contribution in [3.63, 3.8) is 0 Å². The van der Waals surface area contributed by atoms with Gasteiger partial charge in [-0.25, -0.2) is 4.39 Å². The van der Waals surface area contributed by atoms with E-state index in [1.54, 1.807) is 18.2 Å². The van der Waals surface area contributed by atoms with E-state index in [-0.39, 0.29) is 23.8 Å². The van der Waals surface area contributed by atoms with Crippen molar-refractivity contribution in [2.24, 2.45) is 4.99 Å². The van der Waals surface area contributed by atoms with Gasteiger partial charge in [0.1, 0.15) is 17.7 Å². The van der Waals surface area contributed by atoms with Gasteiger partial charge >= 0.3 is 0 Å². The molecule has 0 saturated carbocycles. The summed E-state index contributed by atoms with van der Waals surface area (Å²) < 4.78 is 14.1. The van der Waals surface area contributed by atoms with Crippen LogP contribution in [0.25, 0.3) is 0 Å². The second kappa shape index (κ2) is 8.47. The number of nitrogens with zero attached hydrogens (tertiary/aromatic N) is 1. The number of para-hydroxylation sites is 1. The number of phenolic OH excluding ortho intramolecular Hbond substituents is 1. The normalized spacial score (nSPS) is 19.1. The van der Waals surface area contributed by atoms with Gasteiger partial charge in [0.05, 0.1) is 4.47 Å². The van der Waals surface area contributed by atoms with Crippen molar-refractivity contribution in [1.29, 1.82) is 0 Å². The molecular weight excluding hydrogens is 431 g/mol. The first-order chi connectivity index (χ1) is 14.0. The highest BCUT2D eigenvalue weighted by atomic mass is 79.9. The van der Waals surface area contributed by atoms with E-state index in [0.29, 0.717) is 10.9 Å². The van der Waals surface area contributed by atoms with E-state index < -0.39 is 0 Å². The first-order valence-corrected chi connectivity index (χ1v) is 10.5. The minimum atomic E-state index is -0.342. The lowest BCUT2D eigenvalue weighted by molar-refractivity contribution is 0.412. The van der Waals surface area contributed by atoms with Crippen molar-refractivity contribution in [3.05, 3.63) is 99.3 Å². The molecule has 2 N–H and O–H groups in total. The van der Waals surface area contributed by atoms with Crippen molar-refractivity contribution < 1.29 is 9.50 Å². The molecule has 0 unspecified atom stereocenters. The third-order valence-electron chi connectivity index (χ3n) is 5.31. The van der Waals surface area contributed by atoms with Gasteiger partial charge in [-0.05, 0) is 57.2 Å². The molecule has 4 rings (SSSR count). The molecule has 0 amide bonds. The summed E-state index contributed by atoms with van der Waals surface area (Å²) in [5.74, 6) is -0.0483. The van der Waals surface area contributed by atoms with Gasteiger partial charge in [-0.15, -0.1) is 0 Å². The topological polar surface area (TPSA) is 44.6 Å². The molecule has 1 aliphatic heterocycles. The standard InChI is InChI=1S/C24H22BrFN2O/c1-2-15-7-9-16(10-8-15)21-14-22(18-5-3-4-6-23(18)29)28-24(27-21)17-11-12-20(26)19(25)13-17/h3-13,22,24,28-29H,2,14H2,1H3/t22-,24-/m1/s1. The molecule has 29 heavy (non-hydrogen) atoms. The first-order valence-electron chi connectivity index (χ1n) is 9.70. The van der Waals surface area contributed by atoms with Crippen LogP contribution in [0.2, 0.25) is 0 Å². The molecule has 2 atom stereocenters. The minimum absolute atomic E-state index is 0.108. The highest BCUT2D eigenvalue weighted by molar-refractivity contribution is 9.10. The Morgan fingerprint density at radius 2 is 1.86 bits per heavy atom. The Morgan fingerprint density at radius 1 is 1.10 bits per heavy atom. The Labute approximate surface area is 178 Å². The number of aliphatic imine (C=N–C) groups is 1. The predicted octanol–water partition coefficient (Wildman–Crippen LogP) is 6.08. The van der Waals surface area contributed by atoms with Gasteiger partial charge in [0.2, 0.25) is 0 Å². The Hall–Kier alpha value is -2.50. The molecule has 148 valence electrons. The van der Waals surface area contributed by atoms with Crippen LogP contribution in [-0.4, -0.2) is 10.8 Å². The summed E-state index contributed by atoms with van der Waals surface area (Å²) in [6.45, 7) is 2.13. The molecule has 0 aliphatic carbocycles. The van der Waals surface area contributed by atoms with Crippen LogP contribution in [0.1, 0.15) is 47.8 Å². The van der Waals surface area contributed by atoms with Gasteiger partial charge < -0.3 is 5.11 Å². The zero-order valence-corrected chi connectivity index (χ0v) is 17.7. The van der Waals surface area contributed by atoms with Crippen LogP contribution >= 0.6 is 15.9 Å². The highest BCUT2D eigenvalue weighted by Crippen LogP contribution is 2.35. The third kappa shape index (κ3) is 4.26. The van der Waals surface area contributed by atoms with Gasteiger partial charge in [0.15, 0.2) is 0 Å². The molecule has 0 spiro atoms. The van der Waals surface area contributed by atoms with Crippen molar-refractivity contribution in [1.82, 2.24) is 5.32 Å². The van der Waals surface area contributed by atoms with Gasteiger partial charge in [-0.2, -0.15) is 0 Å². The van der Waals surface area contributed by atoms with E-state index in [2.05, 4.69) is 52.4 Å². The predicted molar refractivity (Wildman–Crippen MR) is 118 cm³/mol. The SMILES string of the molecule is CCc1ccc(C2=N[C@@H](c3ccc(F)c(Br)c3)N[C@@H](c3ccccc3O)C2)cc1. The number of benzene rings is 3.